The zero-order chi connectivity index (χ0) is 18.2. The highest BCUT2D eigenvalue weighted by Crippen LogP contribution is 2.23. The molecule has 7 heteroatoms. The lowest BCUT2D eigenvalue weighted by molar-refractivity contribution is 0.391. The normalized spacial score (nSPS) is 12.4. The Labute approximate surface area is 178 Å². The highest BCUT2D eigenvalue weighted by molar-refractivity contribution is 14.0. The van der Waals surface area contributed by atoms with Gasteiger partial charge in [0.25, 0.3) is 0 Å². The number of nitrogens with zero attached hydrogens (tertiary/aromatic N) is 2. The van der Waals surface area contributed by atoms with E-state index >= 15 is 0 Å². The van der Waals surface area contributed by atoms with Crippen molar-refractivity contribution in [2.75, 3.05) is 19.6 Å². The van der Waals surface area contributed by atoms with E-state index in [1.807, 2.05) is 32.0 Å². The Morgan fingerprint density at radius 1 is 1.31 bits per heavy atom. The maximum atomic E-state index is 6.03. The van der Waals surface area contributed by atoms with Crippen LogP contribution in [0.4, 0.5) is 0 Å². The highest BCUT2D eigenvalue weighted by atomic mass is 127. The molecule has 2 aromatic rings. The van der Waals surface area contributed by atoms with Gasteiger partial charge < -0.3 is 15.2 Å². The van der Waals surface area contributed by atoms with Crippen molar-refractivity contribution in [2.24, 2.45) is 4.99 Å². The minimum atomic E-state index is 0. The summed E-state index contributed by atoms with van der Waals surface area (Å²) < 4.78 is 5.25. The molecule has 1 atom stereocenters. The molecule has 1 unspecified atom stereocenters. The number of guanidine groups is 1. The highest BCUT2D eigenvalue weighted by Gasteiger charge is 2.16. The first kappa shape index (κ1) is 22.8. The number of hydrogen-bond acceptors (Lipinski definition) is 3. The average Bonchev–Trinajstić information content (AvgIpc) is 2.91. The number of aliphatic imine (C=N–C) groups is 1. The van der Waals surface area contributed by atoms with E-state index in [-0.39, 0.29) is 29.9 Å². The minimum Gasteiger partial charge on any atom is -0.361 e. The second-order valence-electron chi connectivity index (χ2n) is 6.17. The van der Waals surface area contributed by atoms with Crippen LogP contribution in [-0.2, 0) is 6.42 Å². The fourth-order valence-electron chi connectivity index (χ4n) is 2.87. The van der Waals surface area contributed by atoms with Crippen LogP contribution in [0.5, 0.6) is 0 Å². The number of halogens is 2. The van der Waals surface area contributed by atoms with Gasteiger partial charge in [-0.2, -0.15) is 0 Å². The molecule has 0 aliphatic heterocycles. The third-order valence-corrected chi connectivity index (χ3v) is 4.28. The van der Waals surface area contributed by atoms with E-state index < -0.39 is 0 Å². The van der Waals surface area contributed by atoms with Gasteiger partial charge in [0.05, 0.1) is 5.69 Å². The van der Waals surface area contributed by atoms with Crippen LogP contribution in [0.3, 0.4) is 0 Å². The van der Waals surface area contributed by atoms with Crippen molar-refractivity contribution in [3.8, 4) is 0 Å². The van der Waals surface area contributed by atoms with Gasteiger partial charge in [-0.05, 0) is 44.9 Å². The summed E-state index contributed by atoms with van der Waals surface area (Å²) in [7, 11) is 0. The topological polar surface area (TPSA) is 62.5 Å². The average molecular weight is 491 g/mol. The Morgan fingerprint density at radius 3 is 2.69 bits per heavy atom. The summed E-state index contributed by atoms with van der Waals surface area (Å²) in [5.41, 5.74) is 3.30. The van der Waals surface area contributed by atoms with Gasteiger partial charge >= 0.3 is 0 Å². The third kappa shape index (κ3) is 6.79. The van der Waals surface area contributed by atoms with Crippen molar-refractivity contribution in [2.45, 2.75) is 40.0 Å². The van der Waals surface area contributed by atoms with Crippen LogP contribution >= 0.6 is 35.6 Å². The van der Waals surface area contributed by atoms with E-state index in [1.165, 1.54) is 5.56 Å². The molecule has 0 amide bonds. The van der Waals surface area contributed by atoms with Crippen molar-refractivity contribution >= 4 is 41.5 Å². The number of aryl methyl sites for hydroxylation is 2. The second kappa shape index (κ2) is 11.4. The molecule has 0 saturated carbocycles. The van der Waals surface area contributed by atoms with Gasteiger partial charge in [0.2, 0.25) is 0 Å². The van der Waals surface area contributed by atoms with Crippen molar-refractivity contribution in [1.29, 1.82) is 0 Å². The summed E-state index contributed by atoms with van der Waals surface area (Å²) in [4.78, 5) is 4.70. The van der Waals surface area contributed by atoms with E-state index in [0.717, 1.165) is 47.5 Å². The van der Waals surface area contributed by atoms with Gasteiger partial charge in [-0.3, -0.25) is 4.99 Å². The van der Waals surface area contributed by atoms with E-state index in [0.29, 0.717) is 6.54 Å². The van der Waals surface area contributed by atoms with Crippen LogP contribution in [-0.4, -0.2) is 30.8 Å². The molecule has 0 bridgehead atoms. The van der Waals surface area contributed by atoms with Gasteiger partial charge in [-0.1, -0.05) is 35.8 Å². The van der Waals surface area contributed by atoms with Crippen LogP contribution in [0, 0.1) is 13.8 Å². The fourth-order valence-corrected chi connectivity index (χ4v) is 3.09. The van der Waals surface area contributed by atoms with Crippen LogP contribution in [0.2, 0.25) is 5.02 Å². The first-order chi connectivity index (χ1) is 12.0. The summed E-state index contributed by atoms with van der Waals surface area (Å²) in [6, 6.07) is 7.94. The molecule has 0 saturated heterocycles. The van der Waals surface area contributed by atoms with Gasteiger partial charge in [-0.15, -0.1) is 24.0 Å². The van der Waals surface area contributed by atoms with E-state index in [2.05, 4.69) is 35.7 Å². The molecule has 1 aromatic carbocycles. The Morgan fingerprint density at radius 2 is 2.08 bits per heavy atom. The Balaban J connectivity index is 0.00000338. The molecule has 1 aromatic heterocycles. The molecule has 2 rings (SSSR count). The summed E-state index contributed by atoms with van der Waals surface area (Å²) >= 11 is 6.03. The predicted molar refractivity (Wildman–Crippen MR) is 119 cm³/mol. The molecular formula is C19H28ClIN4O. The van der Waals surface area contributed by atoms with Crippen molar-refractivity contribution < 1.29 is 4.52 Å². The number of nitrogens with one attached hydrogen (secondary N) is 2. The lowest BCUT2D eigenvalue weighted by atomic mass is 10.00. The van der Waals surface area contributed by atoms with Crippen molar-refractivity contribution in [3.05, 3.63) is 51.9 Å². The van der Waals surface area contributed by atoms with E-state index in [1.54, 1.807) is 0 Å². The maximum absolute atomic E-state index is 6.03. The molecule has 0 aliphatic rings. The molecule has 5 nitrogen and oxygen atoms in total. The first-order valence-electron chi connectivity index (χ1n) is 8.70. The van der Waals surface area contributed by atoms with Crippen LogP contribution in [0.15, 0.2) is 33.8 Å². The number of aromatic nitrogens is 1. The summed E-state index contributed by atoms with van der Waals surface area (Å²) in [5.74, 6) is 1.96. The third-order valence-electron chi connectivity index (χ3n) is 4.04. The Hall–Kier alpha value is -1.28. The SMILES string of the molecule is CCNC(=NCC(C)c1c(C)noc1C)NCCc1cccc(Cl)c1.I. The van der Waals surface area contributed by atoms with E-state index in [9.17, 15) is 0 Å². The molecule has 26 heavy (non-hydrogen) atoms. The maximum Gasteiger partial charge on any atom is 0.191 e. The zero-order valence-corrected chi connectivity index (χ0v) is 18.9. The molecule has 1 heterocycles. The minimum absolute atomic E-state index is 0. The molecular weight excluding hydrogens is 463 g/mol. The lowest BCUT2D eigenvalue weighted by Crippen LogP contribution is -2.38. The predicted octanol–water partition coefficient (Wildman–Crippen LogP) is 4.46. The van der Waals surface area contributed by atoms with Gasteiger partial charge in [0, 0.05) is 36.1 Å². The Bertz CT molecular complexity index is 698. The molecule has 2 N–H and O–H groups in total. The largest absolute Gasteiger partial charge is 0.361 e. The number of rotatable bonds is 7. The number of hydrogen-bond donors (Lipinski definition) is 2. The van der Waals surface area contributed by atoms with Crippen LogP contribution < -0.4 is 10.6 Å². The van der Waals surface area contributed by atoms with Crippen LogP contribution in [0.25, 0.3) is 0 Å². The Kier molecular flexibility index (Phi) is 10.0. The summed E-state index contributed by atoms with van der Waals surface area (Å²) in [6.07, 6.45) is 0.893. The zero-order valence-electron chi connectivity index (χ0n) is 15.8. The first-order valence-corrected chi connectivity index (χ1v) is 9.08. The number of benzene rings is 1. The standard InChI is InChI=1S/C19H27ClN4O.HI/c1-5-21-19(22-10-9-16-7-6-8-17(20)11-16)23-12-13(2)18-14(3)24-25-15(18)4;/h6-8,11,13H,5,9-10,12H2,1-4H3,(H2,21,22,23);1H. The quantitative estimate of drug-likeness (QED) is 0.342. The fraction of sp³-hybridized carbons (Fsp3) is 0.474. The van der Waals surface area contributed by atoms with Gasteiger partial charge in [0.1, 0.15) is 5.76 Å². The lowest BCUT2D eigenvalue weighted by Gasteiger charge is -2.13. The summed E-state index contributed by atoms with van der Waals surface area (Å²) in [6.45, 7) is 10.4. The summed E-state index contributed by atoms with van der Waals surface area (Å²) in [5, 5.41) is 11.5. The van der Waals surface area contributed by atoms with Crippen molar-refractivity contribution in [1.82, 2.24) is 15.8 Å². The second-order valence-corrected chi connectivity index (χ2v) is 6.60. The van der Waals surface area contributed by atoms with Gasteiger partial charge in [-0.25, -0.2) is 0 Å². The molecule has 0 radical (unpaired) electrons. The smallest absolute Gasteiger partial charge is 0.191 e. The van der Waals surface area contributed by atoms with Crippen molar-refractivity contribution in [3.63, 3.8) is 0 Å². The molecule has 0 fully saturated rings. The molecule has 0 aliphatic carbocycles. The molecule has 144 valence electrons. The van der Waals surface area contributed by atoms with Crippen LogP contribution in [0.1, 0.15) is 42.3 Å². The van der Waals surface area contributed by atoms with E-state index in [4.69, 9.17) is 21.1 Å². The van der Waals surface area contributed by atoms with Gasteiger partial charge in [0.15, 0.2) is 5.96 Å². The molecule has 0 spiro atoms. The monoisotopic (exact) mass is 490 g/mol.